The number of hydrogen-bond acceptors (Lipinski definition) is 5. The summed E-state index contributed by atoms with van der Waals surface area (Å²) in [6.07, 6.45) is 0.703. The van der Waals surface area contributed by atoms with Gasteiger partial charge in [0.25, 0.3) is 5.91 Å². The molecule has 114 valence electrons. The SMILES string of the molecule is COC(=O)CCCNC(=O)COC(=O)c1ccc(Br)cc1. The predicted molar refractivity (Wildman–Crippen MR) is 78.7 cm³/mol. The average Bonchev–Trinajstić information content (AvgIpc) is 2.49. The number of halogens is 1. The lowest BCUT2D eigenvalue weighted by atomic mass is 10.2. The smallest absolute Gasteiger partial charge is 0.338 e. The van der Waals surface area contributed by atoms with Crippen LogP contribution in [0.15, 0.2) is 28.7 Å². The summed E-state index contributed by atoms with van der Waals surface area (Å²) in [5.41, 5.74) is 0.372. The van der Waals surface area contributed by atoms with Crippen LogP contribution in [0.3, 0.4) is 0 Å². The van der Waals surface area contributed by atoms with E-state index in [0.717, 1.165) is 4.47 Å². The Hall–Kier alpha value is -1.89. The summed E-state index contributed by atoms with van der Waals surface area (Å²) in [6.45, 7) is -0.0309. The molecule has 0 atom stereocenters. The summed E-state index contributed by atoms with van der Waals surface area (Å²) in [5.74, 6) is -1.30. The minimum Gasteiger partial charge on any atom is -0.469 e. The monoisotopic (exact) mass is 357 g/mol. The Labute approximate surface area is 130 Å². The third-order valence-corrected chi connectivity index (χ3v) is 3.05. The van der Waals surface area contributed by atoms with Crippen molar-refractivity contribution in [1.82, 2.24) is 5.32 Å². The fourth-order valence-corrected chi connectivity index (χ4v) is 1.68. The Morgan fingerprint density at radius 1 is 1.19 bits per heavy atom. The topological polar surface area (TPSA) is 81.7 Å². The molecule has 0 fully saturated rings. The molecule has 1 amide bonds. The van der Waals surface area contributed by atoms with Gasteiger partial charge in [0.05, 0.1) is 12.7 Å². The van der Waals surface area contributed by atoms with E-state index in [1.165, 1.54) is 7.11 Å². The van der Waals surface area contributed by atoms with E-state index in [9.17, 15) is 14.4 Å². The van der Waals surface area contributed by atoms with E-state index < -0.39 is 11.9 Å². The van der Waals surface area contributed by atoms with Gasteiger partial charge in [-0.1, -0.05) is 15.9 Å². The van der Waals surface area contributed by atoms with Crippen molar-refractivity contribution in [2.24, 2.45) is 0 Å². The maximum absolute atomic E-state index is 11.6. The highest BCUT2D eigenvalue weighted by Crippen LogP contribution is 2.11. The van der Waals surface area contributed by atoms with Crippen LogP contribution >= 0.6 is 15.9 Å². The van der Waals surface area contributed by atoms with Gasteiger partial charge in [0.15, 0.2) is 6.61 Å². The summed E-state index contributed by atoms with van der Waals surface area (Å²) in [4.78, 5) is 33.9. The number of methoxy groups -OCH3 is 1. The fourth-order valence-electron chi connectivity index (χ4n) is 1.41. The highest BCUT2D eigenvalue weighted by Gasteiger charge is 2.09. The molecule has 1 rings (SSSR count). The Bertz CT molecular complexity index is 501. The first-order chi connectivity index (χ1) is 10.0. The number of carbonyl (C=O) groups is 3. The van der Waals surface area contributed by atoms with Crippen LogP contribution in [0.2, 0.25) is 0 Å². The molecule has 21 heavy (non-hydrogen) atoms. The highest BCUT2D eigenvalue weighted by molar-refractivity contribution is 9.10. The number of hydrogen-bond donors (Lipinski definition) is 1. The molecular weight excluding hydrogens is 342 g/mol. The third-order valence-electron chi connectivity index (χ3n) is 2.52. The molecule has 7 heteroatoms. The average molecular weight is 358 g/mol. The van der Waals surface area contributed by atoms with Crippen molar-refractivity contribution in [1.29, 1.82) is 0 Å². The minimum atomic E-state index is -0.563. The lowest BCUT2D eigenvalue weighted by Gasteiger charge is -2.06. The number of rotatable bonds is 7. The Morgan fingerprint density at radius 3 is 2.48 bits per heavy atom. The molecule has 0 radical (unpaired) electrons. The summed E-state index contributed by atoms with van der Waals surface area (Å²) in [6, 6.07) is 6.62. The normalized spacial score (nSPS) is 9.81. The summed E-state index contributed by atoms with van der Waals surface area (Å²) in [5, 5.41) is 2.55. The van der Waals surface area contributed by atoms with Gasteiger partial charge in [-0.05, 0) is 30.7 Å². The zero-order chi connectivity index (χ0) is 15.7. The molecule has 1 aromatic rings. The molecule has 0 aliphatic heterocycles. The first-order valence-corrected chi connectivity index (χ1v) is 7.08. The molecule has 0 unspecified atom stereocenters. The number of amides is 1. The Kier molecular flexibility index (Phi) is 7.45. The van der Waals surface area contributed by atoms with Crippen molar-refractivity contribution < 1.29 is 23.9 Å². The lowest BCUT2D eigenvalue weighted by molar-refractivity contribution is -0.140. The molecule has 1 aromatic carbocycles. The molecule has 0 saturated carbocycles. The molecule has 0 saturated heterocycles. The third kappa shape index (κ3) is 6.89. The number of carbonyl (C=O) groups excluding carboxylic acids is 3. The molecule has 1 N–H and O–H groups in total. The molecule has 0 aliphatic rings. The van der Waals surface area contributed by atoms with E-state index in [2.05, 4.69) is 26.0 Å². The van der Waals surface area contributed by atoms with Crippen molar-refractivity contribution in [2.75, 3.05) is 20.3 Å². The number of esters is 2. The molecule has 0 bridgehead atoms. The van der Waals surface area contributed by atoms with Gasteiger partial charge in [0, 0.05) is 17.4 Å². The second-order valence-corrected chi connectivity index (χ2v) is 5.03. The molecule has 0 aliphatic carbocycles. The number of benzene rings is 1. The molecular formula is C14H16BrNO5. The minimum absolute atomic E-state index is 0.232. The second-order valence-electron chi connectivity index (χ2n) is 4.11. The summed E-state index contributed by atoms with van der Waals surface area (Å²) >= 11 is 3.26. The van der Waals surface area contributed by atoms with Gasteiger partial charge < -0.3 is 14.8 Å². The largest absolute Gasteiger partial charge is 0.469 e. The Morgan fingerprint density at radius 2 is 1.86 bits per heavy atom. The van der Waals surface area contributed by atoms with Crippen molar-refractivity contribution in [3.63, 3.8) is 0 Å². The molecule has 0 heterocycles. The maximum atomic E-state index is 11.6. The summed E-state index contributed by atoms with van der Waals surface area (Å²) in [7, 11) is 1.31. The van der Waals surface area contributed by atoms with Crippen LogP contribution in [-0.4, -0.2) is 38.1 Å². The maximum Gasteiger partial charge on any atom is 0.338 e. The second kappa shape index (κ2) is 9.12. The number of ether oxygens (including phenoxy) is 2. The zero-order valence-electron chi connectivity index (χ0n) is 11.6. The van der Waals surface area contributed by atoms with E-state index in [1.807, 2.05) is 0 Å². The zero-order valence-corrected chi connectivity index (χ0v) is 13.1. The van der Waals surface area contributed by atoms with Gasteiger partial charge in [0.2, 0.25) is 0 Å². The first-order valence-electron chi connectivity index (χ1n) is 6.29. The first kappa shape index (κ1) is 17.2. The molecule has 0 aromatic heterocycles. The van der Waals surface area contributed by atoms with E-state index in [4.69, 9.17) is 4.74 Å². The number of nitrogens with one attached hydrogen (secondary N) is 1. The van der Waals surface area contributed by atoms with Crippen molar-refractivity contribution in [3.8, 4) is 0 Å². The van der Waals surface area contributed by atoms with Gasteiger partial charge in [0.1, 0.15) is 0 Å². The van der Waals surface area contributed by atoms with Gasteiger partial charge in [-0.25, -0.2) is 4.79 Å². The van der Waals surface area contributed by atoms with Crippen molar-refractivity contribution in [2.45, 2.75) is 12.8 Å². The van der Waals surface area contributed by atoms with Crippen LogP contribution in [0.1, 0.15) is 23.2 Å². The van der Waals surface area contributed by atoms with E-state index in [0.29, 0.717) is 18.5 Å². The van der Waals surface area contributed by atoms with Crippen LogP contribution in [0.25, 0.3) is 0 Å². The van der Waals surface area contributed by atoms with E-state index >= 15 is 0 Å². The van der Waals surface area contributed by atoms with Gasteiger partial charge in [-0.2, -0.15) is 0 Å². The van der Waals surface area contributed by atoms with Crippen LogP contribution in [0.5, 0.6) is 0 Å². The van der Waals surface area contributed by atoms with E-state index in [1.54, 1.807) is 24.3 Å². The molecule has 6 nitrogen and oxygen atoms in total. The van der Waals surface area contributed by atoms with Gasteiger partial charge >= 0.3 is 11.9 Å². The van der Waals surface area contributed by atoms with Crippen LogP contribution in [-0.2, 0) is 19.1 Å². The van der Waals surface area contributed by atoms with Crippen LogP contribution in [0, 0.1) is 0 Å². The predicted octanol–water partition coefficient (Wildman–Crippen LogP) is 1.68. The highest BCUT2D eigenvalue weighted by atomic mass is 79.9. The fraction of sp³-hybridized carbons (Fsp3) is 0.357. The Balaban J connectivity index is 2.22. The van der Waals surface area contributed by atoms with E-state index in [-0.39, 0.29) is 19.0 Å². The quantitative estimate of drug-likeness (QED) is 0.592. The van der Waals surface area contributed by atoms with Crippen molar-refractivity contribution >= 4 is 33.8 Å². The van der Waals surface area contributed by atoms with Gasteiger partial charge in [-0.15, -0.1) is 0 Å². The van der Waals surface area contributed by atoms with Gasteiger partial charge in [-0.3, -0.25) is 9.59 Å². The summed E-state index contributed by atoms with van der Waals surface area (Å²) < 4.78 is 10.2. The standard InChI is InChI=1S/C14H16BrNO5/c1-20-13(18)3-2-8-16-12(17)9-21-14(19)10-4-6-11(15)7-5-10/h4-7H,2-3,8-9H2,1H3,(H,16,17). The van der Waals surface area contributed by atoms with Crippen LogP contribution < -0.4 is 5.32 Å². The lowest BCUT2D eigenvalue weighted by Crippen LogP contribution is -2.29. The molecule has 0 spiro atoms. The van der Waals surface area contributed by atoms with Crippen LogP contribution in [0.4, 0.5) is 0 Å². The van der Waals surface area contributed by atoms with Crippen molar-refractivity contribution in [3.05, 3.63) is 34.3 Å².